The second kappa shape index (κ2) is 10.4. The highest BCUT2D eigenvalue weighted by Crippen LogP contribution is 2.32. The Balaban J connectivity index is 1.90. The molecule has 1 aliphatic carbocycles. The van der Waals surface area contributed by atoms with Crippen LogP contribution in [-0.2, 0) is 22.4 Å². The van der Waals surface area contributed by atoms with Gasteiger partial charge in [0.2, 0.25) is 5.91 Å². The normalized spacial score (nSPS) is 14.6. The van der Waals surface area contributed by atoms with Crippen LogP contribution in [0, 0.1) is 5.41 Å². The van der Waals surface area contributed by atoms with Crippen LogP contribution in [0.1, 0.15) is 67.4 Å². The van der Waals surface area contributed by atoms with Crippen molar-refractivity contribution >= 4 is 17.7 Å². The van der Waals surface area contributed by atoms with E-state index in [0.29, 0.717) is 25.9 Å². The number of hydrogen-bond donors (Lipinski definition) is 3. The third-order valence-electron chi connectivity index (χ3n) is 5.49. The number of nitrogens with two attached hydrogens (primary N) is 1. The molecule has 7 heteroatoms. The zero-order valence-electron chi connectivity index (χ0n) is 17.8. The zero-order valence-corrected chi connectivity index (χ0v) is 17.8. The Morgan fingerprint density at radius 2 is 2.07 bits per heavy atom. The molecule has 164 valence electrons. The van der Waals surface area contributed by atoms with Crippen molar-refractivity contribution in [2.75, 3.05) is 6.61 Å². The average molecular weight is 417 g/mol. The van der Waals surface area contributed by atoms with Gasteiger partial charge < -0.3 is 20.9 Å². The maximum atomic E-state index is 12.2. The van der Waals surface area contributed by atoms with E-state index >= 15 is 0 Å². The number of carbonyl (C=O) groups is 3. The first-order valence-electron chi connectivity index (χ1n) is 10.4. The maximum Gasteiger partial charge on any atom is 0.341 e. The van der Waals surface area contributed by atoms with Crippen LogP contribution in [0.4, 0.5) is 0 Å². The van der Waals surface area contributed by atoms with Crippen LogP contribution < -0.4 is 15.8 Å². The summed E-state index contributed by atoms with van der Waals surface area (Å²) in [5.74, 6) is -0.676. The molecule has 0 aliphatic heterocycles. The van der Waals surface area contributed by atoms with Crippen LogP contribution in [0.15, 0.2) is 24.8 Å². The molecule has 0 radical (unpaired) electrons. The largest absolute Gasteiger partial charge is 0.493 e. The van der Waals surface area contributed by atoms with Gasteiger partial charge in [0.1, 0.15) is 5.75 Å². The summed E-state index contributed by atoms with van der Waals surface area (Å²) >= 11 is 0. The molecule has 0 aromatic heterocycles. The molecule has 1 atom stereocenters. The summed E-state index contributed by atoms with van der Waals surface area (Å²) in [6.07, 6.45) is 5.47. The number of hydrogen-bond acceptors (Lipinski definition) is 5. The number of rotatable bonds is 11. The molecule has 1 aromatic carbocycles. The lowest BCUT2D eigenvalue weighted by Crippen LogP contribution is -2.51. The molecule has 0 spiro atoms. The Bertz CT molecular complexity index is 816. The predicted molar refractivity (Wildman–Crippen MR) is 114 cm³/mol. The minimum atomic E-state index is -1.40. The molecule has 7 nitrogen and oxygen atoms in total. The third kappa shape index (κ3) is 5.92. The number of fused-ring (bicyclic) bond motifs is 1. The Morgan fingerprint density at radius 3 is 2.73 bits per heavy atom. The fraction of sp³-hybridized carbons (Fsp3) is 0.522. The Hall–Kier alpha value is -2.67. The second-order valence-electron chi connectivity index (χ2n) is 8.32. The van der Waals surface area contributed by atoms with Crippen LogP contribution in [0.25, 0.3) is 0 Å². The van der Waals surface area contributed by atoms with Crippen LogP contribution in [-0.4, -0.2) is 35.5 Å². The highest BCUT2D eigenvalue weighted by atomic mass is 16.5. The van der Waals surface area contributed by atoms with E-state index in [-0.39, 0.29) is 11.7 Å². The summed E-state index contributed by atoms with van der Waals surface area (Å²) in [4.78, 5) is 35.2. The molecule has 1 aliphatic rings. The third-order valence-corrected chi connectivity index (χ3v) is 5.49. The topological polar surface area (TPSA) is 119 Å². The molecule has 1 aromatic rings. The summed E-state index contributed by atoms with van der Waals surface area (Å²) in [5.41, 5.74) is 7.57. The summed E-state index contributed by atoms with van der Waals surface area (Å²) in [6.45, 7) is 7.84. The van der Waals surface area contributed by atoms with Crippen molar-refractivity contribution in [3.05, 3.63) is 41.5 Å². The van der Waals surface area contributed by atoms with Crippen molar-refractivity contribution in [2.45, 2.75) is 65.0 Å². The highest BCUT2D eigenvalue weighted by molar-refractivity contribution is 5.99. The van der Waals surface area contributed by atoms with E-state index in [2.05, 4.69) is 11.9 Å². The smallest absolute Gasteiger partial charge is 0.341 e. The number of nitrogens with one attached hydrogen (secondary N) is 1. The van der Waals surface area contributed by atoms with Gasteiger partial charge in [0.05, 0.1) is 6.61 Å². The van der Waals surface area contributed by atoms with E-state index in [1.54, 1.807) is 13.8 Å². The van der Waals surface area contributed by atoms with E-state index in [4.69, 9.17) is 15.6 Å². The Kier molecular flexibility index (Phi) is 8.17. The van der Waals surface area contributed by atoms with Crippen LogP contribution in [0.5, 0.6) is 5.75 Å². The summed E-state index contributed by atoms with van der Waals surface area (Å²) in [7, 11) is 0. The van der Waals surface area contributed by atoms with Crippen LogP contribution in [0.2, 0.25) is 0 Å². The van der Waals surface area contributed by atoms with Crippen molar-refractivity contribution in [3.8, 4) is 5.75 Å². The lowest BCUT2D eigenvalue weighted by Gasteiger charge is -2.25. The number of carbonyl (C=O) groups excluding carboxylic acids is 2. The van der Waals surface area contributed by atoms with Crippen molar-refractivity contribution in [1.29, 1.82) is 0 Å². The molecule has 2 rings (SSSR count). The number of ketones is 1. The van der Waals surface area contributed by atoms with E-state index in [0.717, 1.165) is 48.1 Å². The number of Topliss-reactive ketones (excluding diaryl/α,β-unsaturated/α-hetero) is 1. The van der Waals surface area contributed by atoms with E-state index in [9.17, 15) is 14.4 Å². The first-order valence-corrected chi connectivity index (χ1v) is 10.4. The van der Waals surface area contributed by atoms with Crippen LogP contribution in [0.3, 0.4) is 0 Å². The standard InChI is InChI=1S/C23H32N2O5/c1-4-8-17-15-9-7-10-18(26)16(15)11-12-19(17)30-14-6-5-13-23(2,3)22(29)25-20(24)21(27)28/h4,11-12,20H,1,5-10,13-14,24H2,2-3H3,(H,25,29)(H,27,28). The molecule has 1 amide bonds. The van der Waals surface area contributed by atoms with E-state index in [1.807, 2.05) is 18.2 Å². The number of unbranched alkanes of at least 4 members (excludes halogenated alkanes) is 1. The maximum absolute atomic E-state index is 12.2. The molecular formula is C23H32N2O5. The van der Waals surface area contributed by atoms with Crippen LogP contribution >= 0.6 is 0 Å². The van der Waals surface area contributed by atoms with Gasteiger partial charge in [-0.25, -0.2) is 4.79 Å². The summed E-state index contributed by atoms with van der Waals surface area (Å²) in [5, 5.41) is 11.1. The minimum Gasteiger partial charge on any atom is -0.493 e. The van der Waals surface area contributed by atoms with Gasteiger partial charge in [0.15, 0.2) is 11.9 Å². The van der Waals surface area contributed by atoms with Gasteiger partial charge in [0.25, 0.3) is 0 Å². The van der Waals surface area contributed by atoms with Gasteiger partial charge in [0, 0.05) is 23.0 Å². The number of ether oxygens (including phenoxy) is 1. The highest BCUT2D eigenvalue weighted by Gasteiger charge is 2.29. The molecule has 0 saturated carbocycles. The monoisotopic (exact) mass is 416 g/mol. The van der Waals surface area contributed by atoms with Gasteiger partial charge in [-0.2, -0.15) is 0 Å². The van der Waals surface area contributed by atoms with Gasteiger partial charge in [-0.3, -0.25) is 9.59 Å². The summed E-state index contributed by atoms with van der Waals surface area (Å²) in [6, 6.07) is 3.73. The molecule has 4 N–H and O–H groups in total. The second-order valence-corrected chi connectivity index (χ2v) is 8.32. The minimum absolute atomic E-state index is 0.191. The molecule has 1 unspecified atom stereocenters. The van der Waals surface area contributed by atoms with Gasteiger partial charge in [-0.05, 0) is 56.2 Å². The molecule has 0 fully saturated rings. The van der Waals surface area contributed by atoms with E-state index < -0.39 is 17.6 Å². The Labute approximate surface area is 177 Å². The molecule has 30 heavy (non-hydrogen) atoms. The summed E-state index contributed by atoms with van der Waals surface area (Å²) < 4.78 is 6.00. The number of amides is 1. The van der Waals surface area contributed by atoms with Gasteiger partial charge in [-0.1, -0.05) is 19.9 Å². The molecular weight excluding hydrogens is 384 g/mol. The quantitative estimate of drug-likeness (QED) is 0.290. The number of carboxylic acid groups (broad SMARTS) is 1. The SMILES string of the molecule is C=CCc1c(OCCCCC(C)(C)C(=O)NC(N)C(=O)O)ccc2c1CCCC2=O. The zero-order chi connectivity index (χ0) is 22.3. The fourth-order valence-corrected chi connectivity index (χ4v) is 3.65. The van der Waals surface area contributed by atoms with Crippen molar-refractivity contribution in [3.63, 3.8) is 0 Å². The molecule has 0 heterocycles. The van der Waals surface area contributed by atoms with Crippen molar-refractivity contribution in [2.24, 2.45) is 11.1 Å². The molecule has 0 bridgehead atoms. The number of carboxylic acids is 1. The Morgan fingerprint density at radius 1 is 1.33 bits per heavy atom. The number of aliphatic carboxylic acids is 1. The predicted octanol–water partition coefficient (Wildman–Crippen LogP) is 3.00. The number of benzene rings is 1. The lowest BCUT2D eigenvalue weighted by molar-refractivity contribution is -0.143. The van der Waals surface area contributed by atoms with Crippen molar-refractivity contribution < 1.29 is 24.2 Å². The molecule has 0 saturated heterocycles. The van der Waals surface area contributed by atoms with Gasteiger partial charge in [-0.15, -0.1) is 6.58 Å². The van der Waals surface area contributed by atoms with E-state index in [1.165, 1.54) is 0 Å². The lowest BCUT2D eigenvalue weighted by atomic mass is 9.86. The first kappa shape index (κ1) is 23.6. The van der Waals surface area contributed by atoms with Gasteiger partial charge >= 0.3 is 5.97 Å². The fourth-order valence-electron chi connectivity index (χ4n) is 3.65. The van der Waals surface area contributed by atoms with Crippen molar-refractivity contribution in [1.82, 2.24) is 5.32 Å². The first-order chi connectivity index (χ1) is 14.2. The average Bonchev–Trinajstić information content (AvgIpc) is 2.69. The number of allylic oxidation sites excluding steroid dienone is 1.